The second-order valence-corrected chi connectivity index (χ2v) is 7.59. The maximum Gasteiger partial charge on any atom is 0.258 e. The van der Waals surface area contributed by atoms with E-state index < -0.39 is 0 Å². The number of carbonyl (C=O) groups excluding carboxylic acids is 1. The highest BCUT2D eigenvalue weighted by Crippen LogP contribution is 2.37. The molecule has 0 saturated carbocycles. The molecular weight excluding hydrogens is 348 g/mol. The number of ether oxygens (including phenoxy) is 2. The fourth-order valence-corrected chi connectivity index (χ4v) is 4.52. The summed E-state index contributed by atoms with van der Waals surface area (Å²) in [6.07, 6.45) is 2.27. The van der Waals surface area contributed by atoms with Gasteiger partial charge in [-0.2, -0.15) is 0 Å². The summed E-state index contributed by atoms with van der Waals surface area (Å²) in [6.45, 7) is 5.16. The van der Waals surface area contributed by atoms with Crippen molar-refractivity contribution in [2.24, 2.45) is 5.73 Å². The molecule has 0 spiro atoms. The summed E-state index contributed by atoms with van der Waals surface area (Å²) >= 11 is 1.52. The fourth-order valence-electron chi connectivity index (χ4n) is 3.49. The van der Waals surface area contributed by atoms with Gasteiger partial charge in [0.25, 0.3) is 5.91 Å². The number of nitrogens with two attached hydrogens (primary N) is 1. The second kappa shape index (κ2) is 8.66. The smallest absolute Gasteiger partial charge is 0.258 e. The van der Waals surface area contributed by atoms with Crippen LogP contribution in [0, 0.1) is 0 Å². The summed E-state index contributed by atoms with van der Waals surface area (Å²) in [5.41, 5.74) is 7.73. The summed E-state index contributed by atoms with van der Waals surface area (Å²) < 4.78 is 11.0. The van der Waals surface area contributed by atoms with Gasteiger partial charge in [0.05, 0.1) is 18.6 Å². The third kappa shape index (κ3) is 4.26. The van der Waals surface area contributed by atoms with Gasteiger partial charge in [-0.05, 0) is 56.1 Å². The van der Waals surface area contributed by atoms with Crippen molar-refractivity contribution in [1.82, 2.24) is 4.90 Å². The topological polar surface area (TPSA) is 64.8 Å². The van der Waals surface area contributed by atoms with Crippen LogP contribution in [0.5, 0.6) is 5.75 Å². The van der Waals surface area contributed by atoms with Crippen molar-refractivity contribution >= 4 is 17.2 Å². The zero-order valence-corrected chi connectivity index (χ0v) is 16.2. The lowest BCUT2D eigenvalue weighted by atomic mass is 10.1. The Morgan fingerprint density at radius 3 is 2.88 bits per heavy atom. The first-order chi connectivity index (χ1) is 12.6. The lowest BCUT2D eigenvalue weighted by Gasteiger charge is -2.24. The van der Waals surface area contributed by atoms with Gasteiger partial charge in [-0.1, -0.05) is 6.07 Å². The highest BCUT2D eigenvalue weighted by molar-refractivity contribution is 7.14. The van der Waals surface area contributed by atoms with E-state index in [2.05, 4.69) is 17.0 Å². The Kier molecular flexibility index (Phi) is 6.29. The van der Waals surface area contributed by atoms with Crippen molar-refractivity contribution in [3.05, 3.63) is 51.2 Å². The van der Waals surface area contributed by atoms with Gasteiger partial charge in [0, 0.05) is 29.6 Å². The minimum atomic E-state index is -0.346. The molecule has 1 aliphatic heterocycles. The van der Waals surface area contributed by atoms with Crippen LogP contribution in [0.25, 0.3) is 0 Å². The Morgan fingerprint density at radius 2 is 2.19 bits per heavy atom. The number of amides is 1. The van der Waals surface area contributed by atoms with Gasteiger partial charge in [-0.3, -0.25) is 9.69 Å². The van der Waals surface area contributed by atoms with Crippen LogP contribution < -0.4 is 10.5 Å². The quantitative estimate of drug-likeness (QED) is 0.765. The normalized spacial score (nSPS) is 17.5. The van der Waals surface area contributed by atoms with Crippen LogP contribution in [0.2, 0.25) is 0 Å². The lowest BCUT2D eigenvalue weighted by molar-refractivity contribution is 0.100. The van der Waals surface area contributed by atoms with Crippen molar-refractivity contribution in [2.45, 2.75) is 39.0 Å². The second-order valence-electron chi connectivity index (χ2n) is 6.48. The van der Waals surface area contributed by atoms with Crippen molar-refractivity contribution < 1.29 is 14.3 Å². The molecule has 5 nitrogen and oxygen atoms in total. The molecule has 1 amide bonds. The Balaban J connectivity index is 1.75. The molecule has 0 aliphatic carbocycles. The van der Waals surface area contributed by atoms with E-state index in [1.165, 1.54) is 21.8 Å². The lowest BCUT2D eigenvalue weighted by Crippen LogP contribution is -2.22. The molecule has 6 heteroatoms. The zero-order valence-electron chi connectivity index (χ0n) is 15.4. The maximum absolute atomic E-state index is 11.4. The predicted molar refractivity (Wildman–Crippen MR) is 104 cm³/mol. The molecule has 140 valence electrons. The number of hydrogen-bond acceptors (Lipinski definition) is 5. The number of methoxy groups -OCH3 is 1. The highest BCUT2D eigenvalue weighted by atomic mass is 32.1. The summed E-state index contributed by atoms with van der Waals surface area (Å²) in [4.78, 5) is 15.7. The van der Waals surface area contributed by atoms with E-state index in [0.29, 0.717) is 24.1 Å². The molecule has 1 fully saturated rings. The molecule has 1 atom stereocenters. The molecule has 2 heterocycles. The number of nitrogens with zero attached hydrogens (tertiary/aromatic N) is 1. The number of primary amides is 1. The third-order valence-corrected chi connectivity index (χ3v) is 5.95. The van der Waals surface area contributed by atoms with Crippen LogP contribution in [0.4, 0.5) is 0 Å². The summed E-state index contributed by atoms with van der Waals surface area (Å²) in [5.74, 6) is 0.519. The van der Waals surface area contributed by atoms with Crippen molar-refractivity contribution in [2.75, 3.05) is 20.3 Å². The predicted octanol–water partition coefficient (Wildman–Crippen LogP) is 3.73. The van der Waals surface area contributed by atoms with E-state index in [4.69, 9.17) is 15.2 Å². The zero-order chi connectivity index (χ0) is 18.5. The molecule has 0 bridgehead atoms. The van der Waals surface area contributed by atoms with Crippen molar-refractivity contribution in [1.29, 1.82) is 0 Å². The number of thiophene rings is 1. The van der Waals surface area contributed by atoms with Crippen LogP contribution in [0.3, 0.4) is 0 Å². The first-order valence-electron chi connectivity index (χ1n) is 8.99. The van der Waals surface area contributed by atoms with Crippen molar-refractivity contribution in [3.63, 3.8) is 0 Å². The van der Waals surface area contributed by atoms with E-state index >= 15 is 0 Å². The van der Waals surface area contributed by atoms with Crippen LogP contribution in [-0.2, 0) is 17.9 Å². The molecule has 2 N–H and O–H groups in total. The largest absolute Gasteiger partial charge is 0.496 e. The van der Waals surface area contributed by atoms with E-state index in [1.54, 1.807) is 7.11 Å². The Morgan fingerprint density at radius 1 is 1.35 bits per heavy atom. The van der Waals surface area contributed by atoms with Gasteiger partial charge in [-0.25, -0.2) is 0 Å². The highest BCUT2D eigenvalue weighted by Gasteiger charge is 2.27. The van der Waals surface area contributed by atoms with Crippen LogP contribution >= 0.6 is 11.3 Å². The fraction of sp³-hybridized carbons (Fsp3) is 0.450. The average Bonchev–Trinajstić information content (AvgIpc) is 3.29. The van der Waals surface area contributed by atoms with Gasteiger partial charge in [-0.15, -0.1) is 11.3 Å². The number of benzene rings is 1. The Bertz CT molecular complexity index is 759. The first kappa shape index (κ1) is 18.9. The summed E-state index contributed by atoms with van der Waals surface area (Å²) in [5, 5.41) is 0. The van der Waals surface area contributed by atoms with Gasteiger partial charge in [0.15, 0.2) is 0 Å². The minimum Gasteiger partial charge on any atom is -0.496 e. The van der Waals surface area contributed by atoms with Crippen LogP contribution in [-0.4, -0.2) is 31.1 Å². The molecule has 2 aromatic rings. The molecule has 26 heavy (non-hydrogen) atoms. The van der Waals surface area contributed by atoms with Gasteiger partial charge < -0.3 is 15.2 Å². The van der Waals surface area contributed by atoms with E-state index in [9.17, 15) is 4.79 Å². The molecule has 1 aromatic heterocycles. The summed E-state index contributed by atoms with van der Waals surface area (Å²) in [6, 6.07) is 10.5. The molecule has 1 unspecified atom stereocenters. The molecule has 0 radical (unpaired) electrons. The van der Waals surface area contributed by atoms with Gasteiger partial charge >= 0.3 is 0 Å². The first-order valence-corrected chi connectivity index (χ1v) is 9.81. The number of rotatable bonds is 8. The van der Waals surface area contributed by atoms with Gasteiger partial charge in [0.2, 0.25) is 0 Å². The number of carbonyl (C=O) groups is 1. The number of hydrogen-bond donors (Lipinski definition) is 1. The third-order valence-electron chi connectivity index (χ3n) is 4.75. The average molecular weight is 375 g/mol. The summed E-state index contributed by atoms with van der Waals surface area (Å²) in [7, 11) is 1.69. The molecule has 3 rings (SSSR count). The molecular formula is C20H26N2O3S. The van der Waals surface area contributed by atoms with Crippen LogP contribution in [0.1, 0.15) is 51.5 Å². The van der Waals surface area contributed by atoms with E-state index in [0.717, 1.165) is 37.2 Å². The van der Waals surface area contributed by atoms with E-state index in [1.807, 2.05) is 25.1 Å². The van der Waals surface area contributed by atoms with Crippen LogP contribution in [0.15, 0.2) is 30.3 Å². The molecule has 1 aromatic carbocycles. The molecule has 1 saturated heterocycles. The minimum absolute atomic E-state index is 0.346. The Hall–Kier alpha value is -1.89. The number of likely N-dealkylation sites (tertiary alicyclic amines) is 1. The standard InChI is InChI=1S/C20H26N2O3S/c1-3-25-13-15-11-14(6-7-17(15)24-2)12-22-10-4-5-16(22)18-8-9-19(26-18)20(21)23/h6-9,11,16H,3-5,10,12-13H2,1-2H3,(H2,21,23). The molecule has 1 aliphatic rings. The SMILES string of the molecule is CCOCc1cc(CN2CCCC2c2ccc(C(N)=O)s2)ccc1OC. The van der Waals surface area contributed by atoms with E-state index in [-0.39, 0.29) is 5.91 Å². The monoisotopic (exact) mass is 374 g/mol. The van der Waals surface area contributed by atoms with Crippen molar-refractivity contribution in [3.8, 4) is 5.75 Å². The van der Waals surface area contributed by atoms with Gasteiger partial charge in [0.1, 0.15) is 5.75 Å². The Labute approximate surface area is 158 Å². The maximum atomic E-state index is 11.4.